The fourth-order valence-corrected chi connectivity index (χ4v) is 2.95. The maximum atomic E-state index is 12.2. The van der Waals surface area contributed by atoms with Gasteiger partial charge in [0.15, 0.2) is 5.69 Å². The van der Waals surface area contributed by atoms with E-state index in [-0.39, 0.29) is 11.9 Å². The molecule has 6 nitrogen and oxygen atoms in total. The summed E-state index contributed by atoms with van der Waals surface area (Å²) in [5, 5.41) is 14.2. The van der Waals surface area contributed by atoms with Crippen LogP contribution in [0, 0.1) is 0 Å². The van der Waals surface area contributed by atoms with Gasteiger partial charge in [-0.15, -0.1) is 0 Å². The number of carbonyl (C=O) groups excluding carboxylic acids is 1. The zero-order chi connectivity index (χ0) is 13.4. The molecular weight excluding hydrogens is 310 g/mol. The fraction of sp³-hybridized carbons (Fsp3) is 0.417. The van der Waals surface area contributed by atoms with Crippen molar-refractivity contribution < 1.29 is 4.79 Å². The van der Waals surface area contributed by atoms with Gasteiger partial charge in [-0.3, -0.25) is 14.6 Å². The van der Waals surface area contributed by atoms with Crippen molar-refractivity contribution in [1.82, 2.24) is 25.3 Å². The molecule has 2 aromatic rings. The standard InChI is InChI=1S/C12H14BrN5O/c1-18-6-9(13)11(17-18)12(19)15-8-3-2-7-5-14-16-10(7)4-8/h5-6,8H,2-4H2,1H3,(H,14,16)(H,15,19). The van der Waals surface area contributed by atoms with E-state index in [1.54, 1.807) is 17.9 Å². The third-order valence-electron chi connectivity index (χ3n) is 3.35. The van der Waals surface area contributed by atoms with Gasteiger partial charge in [0.25, 0.3) is 5.91 Å². The summed E-state index contributed by atoms with van der Waals surface area (Å²) in [7, 11) is 1.79. The Kier molecular flexibility index (Phi) is 3.14. The van der Waals surface area contributed by atoms with Crippen molar-refractivity contribution in [3.05, 3.63) is 33.8 Å². The first-order valence-corrected chi connectivity index (χ1v) is 6.94. The molecule has 19 heavy (non-hydrogen) atoms. The lowest BCUT2D eigenvalue weighted by Gasteiger charge is -2.22. The second-order valence-corrected chi connectivity index (χ2v) is 5.64. The molecule has 3 rings (SSSR count). The SMILES string of the molecule is Cn1cc(Br)c(C(=O)NC2CCc3cn[nH]c3C2)n1. The van der Waals surface area contributed by atoms with Crippen LogP contribution in [0.1, 0.15) is 28.2 Å². The second-order valence-electron chi connectivity index (χ2n) is 4.79. The monoisotopic (exact) mass is 323 g/mol. The number of nitrogens with zero attached hydrogens (tertiary/aromatic N) is 3. The van der Waals surface area contributed by atoms with Crippen molar-refractivity contribution in [2.75, 3.05) is 0 Å². The van der Waals surface area contributed by atoms with Crippen LogP contribution in [0.5, 0.6) is 0 Å². The van der Waals surface area contributed by atoms with Gasteiger partial charge in [0, 0.05) is 31.4 Å². The number of halogens is 1. The van der Waals surface area contributed by atoms with Gasteiger partial charge < -0.3 is 5.32 Å². The van der Waals surface area contributed by atoms with Gasteiger partial charge in [0.2, 0.25) is 0 Å². The molecule has 2 heterocycles. The van der Waals surface area contributed by atoms with E-state index in [9.17, 15) is 4.79 Å². The van der Waals surface area contributed by atoms with Crippen LogP contribution in [0.2, 0.25) is 0 Å². The molecule has 1 atom stereocenters. The highest BCUT2D eigenvalue weighted by Gasteiger charge is 2.23. The van der Waals surface area contributed by atoms with Crippen LogP contribution < -0.4 is 5.32 Å². The van der Waals surface area contributed by atoms with Crippen molar-refractivity contribution in [3.8, 4) is 0 Å². The number of rotatable bonds is 2. The highest BCUT2D eigenvalue weighted by Crippen LogP contribution is 2.20. The predicted octanol–water partition coefficient (Wildman–Crippen LogP) is 1.19. The van der Waals surface area contributed by atoms with Crippen LogP contribution in [0.4, 0.5) is 0 Å². The summed E-state index contributed by atoms with van der Waals surface area (Å²) in [5.41, 5.74) is 2.80. The average molecular weight is 324 g/mol. The number of carbonyl (C=O) groups is 1. The lowest BCUT2D eigenvalue weighted by molar-refractivity contribution is 0.0927. The molecule has 1 amide bonds. The van der Waals surface area contributed by atoms with E-state index in [0.717, 1.165) is 25.0 Å². The van der Waals surface area contributed by atoms with Crippen LogP contribution in [0.3, 0.4) is 0 Å². The molecule has 7 heteroatoms. The number of hydrogen-bond donors (Lipinski definition) is 2. The Morgan fingerprint density at radius 1 is 1.63 bits per heavy atom. The minimum atomic E-state index is -0.138. The molecule has 0 saturated heterocycles. The van der Waals surface area contributed by atoms with Gasteiger partial charge in [-0.2, -0.15) is 10.2 Å². The summed E-state index contributed by atoms with van der Waals surface area (Å²) >= 11 is 3.34. The number of nitrogens with one attached hydrogen (secondary N) is 2. The molecular formula is C12H14BrN5O. The molecule has 0 saturated carbocycles. The summed E-state index contributed by atoms with van der Waals surface area (Å²) in [6, 6.07) is 0.134. The summed E-state index contributed by atoms with van der Waals surface area (Å²) in [4.78, 5) is 12.2. The van der Waals surface area contributed by atoms with Gasteiger partial charge in [0.1, 0.15) is 0 Å². The first kappa shape index (κ1) is 12.4. The normalized spacial score (nSPS) is 18.1. The topological polar surface area (TPSA) is 75.6 Å². The van der Waals surface area contributed by atoms with Gasteiger partial charge in [0.05, 0.1) is 10.7 Å². The van der Waals surface area contributed by atoms with E-state index in [0.29, 0.717) is 10.2 Å². The maximum Gasteiger partial charge on any atom is 0.273 e. The Morgan fingerprint density at radius 2 is 2.47 bits per heavy atom. The molecule has 1 aliphatic rings. The highest BCUT2D eigenvalue weighted by atomic mass is 79.9. The molecule has 0 spiro atoms. The Labute approximate surface area is 118 Å². The van der Waals surface area contributed by atoms with E-state index in [1.165, 1.54) is 5.56 Å². The molecule has 0 bridgehead atoms. The van der Waals surface area contributed by atoms with Crippen molar-refractivity contribution in [1.29, 1.82) is 0 Å². The van der Waals surface area contributed by atoms with Gasteiger partial charge in [-0.05, 0) is 34.3 Å². The number of aromatic nitrogens is 4. The zero-order valence-corrected chi connectivity index (χ0v) is 12.1. The Balaban J connectivity index is 1.70. The van der Waals surface area contributed by atoms with Crippen LogP contribution in [-0.4, -0.2) is 31.9 Å². The third kappa shape index (κ3) is 2.42. The largest absolute Gasteiger partial charge is 0.347 e. The van der Waals surface area contributed by atoms with E-state index in [4.69, 9.17) is 0 Å². The average Bonchev–Trinajstić information content (AvgIpc) is 2.94. The third-order valence-corrected chi connectivity index (χ3v) is 3.93. The maximum absolute atomic E-state index is 12.2. The minimum absolute atomic E-state index is 0.134. The molecule has 2 aromatic heterocycles. The van der Waals surface area contributed by atoms with Crippen molar-refractivity contribution in [2.45, 2.75) is 25.3 Å². The van der Waals surface area contributed by atoms with Crippen molar-refractivity contribution in [2.24, 2.45) is 7.05 Å². The Morgan fingerprint density at radius 3 is 3.21 bits per heavy atom. The molecule has 0 aliphatic heterocycles. The molecule has 1 unspecified atom stereocenters. The Hall–Kier alpha value is -1.63. The predicted molar refractivity (Wildman–Crippen MR) is 72.8 cm³/mol. The molecule has 1 aliphatic carbocycles. The quantitative estimate of drug-likeness (QED) is 0.871. The molecule has 0 aromatic carbocycles. The van der Waals surface area contributed by atoms with Gasteiger partial charge >= 0.3 is 0 Å². The van der Waals surface area contributed by atoms with Crippen molar-refractivity contribution in [3.63, 3.8) is 0 Å². The fourth-order valence-electron chi connectivity index (χ4n) is 2.40. The van der Waals surface area contributed by atoms with E-state index in [1.807, 2.05) is 6.20 Å². The van der Waals surface area contributed by atoms with E-state index >= 15 is 0 Å². The Bertz CT molecular complexity index is 617. The number of aromatic amines is 1. The summed E-state index contributed by atoms with van der Waals surface area (Å²) in [6.07, 6.45) is 6.31. The highest BCUT2D eigenvalue weighted by molar-refractivity contribution is 9.10. The molecule has 0 radical (unpaired) electrons. The van der Waals surface area contributed by atoms with Crippen LogP contribution in [-0.2, 0) is 19.9 Å². The molecule has 0 fully saturated rings. The minimum Gasteiger partial charge on any atom is -0.347 e. The van der Waals surface area contributed by atoms with Crippen LogP contribution >= 0.6 is 15.9 Å². The van der Waals surface area contributed by atoms with Gasteiger partial charge in [-0.25, -0.2) is 0 Å². The molecule has 100 valence electrons. The first-order chi connectivity index (χ1) is 9.13. The van der Waals surface area contributed by atoms with Gasteiger partial charge in [-0.1, -0.05) is 0 Å². The lowest BCUT2D eigenvalue weighted by atomic mass is 9.94. The van der Waals surface area contributed by atoms with Crippen molar-refractivity contribution >= 4 is 21.8 Å². The second kappa shape index (κ2) is 4.80. The van der Waals surface area contributed by atoms with E-state index in [2.05, 4.69) is 36.5 Å². The summed E-state index contributed by atoms with van der Waals surface area (Å²) in [6.45, 7) is 0. The van der Waals surface area contributed by atoms with E-state index < -0.39 is 0 Å². The first-order valence-electron chi connectivity index (χ1n) is 6.14. The van der Waals surface area contributed by atoms with Crippen LogP contribution in [0.25, 0.3) is 0 Å². The number of hydrogen-bond acceptors (Lipinski definition) is 3. The molecule has 2 N–H and O–H groups in total. The lowest BCUT2D eigenvalue weighted by Crippen LogP contribution is -2.39. The zero-order valence-electron chi connectivity index (χ0n) is 10.5. The summed E-state index contributed by atoms with van der Waals surface area (Å²) < 4.78 is 2.33. The number of aryl methyl sites for hydroxylation is 2. The van der Waals surface area contributed by atoms with Crippen LogP contribution in [0.15, 0.2) is 16.9 Å². The number of fused-ring (bicyclic) bond motifs is 1. The summed E-state index contributed by atoms with van der Waals surface area (Å²) in [5.74, 6) is -0.138. The number of H-pyrrole nitrogens is 1. The smallest absolute Gasteiger partial charge is 0.273 e. The number of amides is 1.